The standard InChI is InChI=1S/C16H20O3S/c1-19-15(17)13-8-5-9-14(10-13)16(18)20-11-12-6-3-2-4-7-12/h2-4,6-7,13-14H,5,8-11H2,1H3. The van der Waals surface area contributed by atoms with E-state index >= 15 is 0 Å². The highest BCUT2D eigenvalue weighted by atomic mass is 32.2. The fraction of sp³-hybridized carbons (Fsp3) is 0.500. The quantitative estimate of drug-likeness (QED) is 0.798. The Labute approximate surface area is 124 Å². The number of thioether (sulfide) groups is 1. The minimum Gasteiger partial charge on any atom is -0.469 e. The van der Waals surface area contributed by atoms with Gasteiger partial charge in [0.1, 0.15) is 0 Å². The van der Waals surface area contributed by atoms with Crippen molar-refractivity contribution < 1.29 is 14.3 Å². The third-order valence-electron chi connectivity index (χ3n) is 3.77. The summed E-state index contributed by atoms with van der Waals surface area (Å²) in [6.45, 7) is 0. The van der Waals surface area contributed by atoms with Crippen LogP contribution in [-0.2, 0) is 20.1 Å². The Kier molecular flexibility index (Phi) is 5.65. The van der Waals surface area contributed by atoms with Gasteiger partial charge < -0.3 is 4.74 Å². The maximum atomic E-state index is 12.2. The summed E-state index contributed by atoms with van der Waals surface area (Å²) in [6, 6.07) is 9.98. The van der Waals surface area contributed by atoms with Crippen LogP contribution < -0.4 is 0 Å². The van der Waals surface area contributed by atoms with Crippen molar-refractivity contribution in [3.8, 4) is 0 Å². The van der Waals surface area contributed by atoms with Gasteiger partial charge in [0.05, 0.1) is 13.0 Å². The Morgan fingerprint density at radius 2 is 1.90 bits per heavy atom. The molecule has 1 aromatic carbocycles. The number of rotatable bonds is 4. The molecule has 1 fully saturated rings. The molecule has 0 amide bonds. The van der Waals surface area contributed by atoms with Gasteiger partial charge in [-0.2, -0.15) is 0 Å². The first-order chi connectivity index (χ1) is 9.70. The van der Waals surface area contributed by atoms with Gasteiger partial charge in [-0.1, -0.05) is 48.5 Å². The minimum absolute atomic E-state index is 0.00145. The Hall–Kier alpha value is -1.29. The lowest BCUT2D eigenvalue weighted by Gasteiger charge is -2.26. The van der Waals surface area contributed by atoms with E-state index in [1.54, 1.807) is 0 Å². The normalized spacial score (nSPS) is 22.2. The second-order valence-electron chi connectivity index (χ2n) is 5.18. The van der Waals surface area contributed by atoms with Crippen LogP contribution >= 0.6 is 11.8 Å². The van der Waals surface area contributed by atoms with E-state index in [0.29, 0.717) is 12.2 Å². The summed E-state index contributed by atoms with van der Waals surface area (Å²) in [5.74, 6) is 0.441. The van der Waals surface area contributed by atoms with Crippen molar-refractivity contribution in [1.29, 1.82) is 0 Å². The summed E-state index contributed by atoms with van der Waals surface area (Å²) < 4.78 is 4.79. The predicted molar refractivity (Wildman–Crippen MR) is 80.2 cm³/mol. The third-order valence-corrected chi connectivity index (χ3v) is 4.86. The van der Waals surface area contributed by atoms with Crippen molar-refractivity contribution in [3.05, 3.63) is 35.9 Å². The first kappa shape index (κ1) is 15.1. The molecule has 0 saturated heterocycles. The highest BCUT2D eigenvalue weighted by molar-refractivity contribution is 8.13. The van der Waals surface area contributed by atoms with Gasteiger partial charge in [0.25, 0.3) is 0 Å². The van der Waals surface area contributed by atoms with Gasteiger partial charge in [0.2, 0.25) is 0 Å². The molecular weight excluding hydrogens is 272 g/mol. The summed E-state index contributed by atoms with van der Waals surface area (Å²) in [5, 5.41) is 0.211. The molecule has 2 atom stereocenters. The lowest BCUT2D eigenvalue weighted by Crippen LogP contribution is -2.27. The molecule has 1 saturated carbocycles. The summed E-state index contributed by atoms with van der Waals surface area (Å²) in [6.07, 6.45) is 3.32. The zero-order chi connectivity index (χ0) is 14.4. The highest BCUT2D eigenvalue weighted by Gasteiger charge is 2.31. The molecule has 1 aliphatic rings. The molecule has 0 heterocycles. The number of ether oxygens (including phenoxy) is 1. The molecule has 0 bridgehead atoms. The smallest absolute Gasteiger partial charge is 0.308 e. The van der Waals surface area contributed by atoms with E-state index in [0.717, 1.165) is 24.8 Å². The van der Waals surface area contributed by atoms with Crippen LogP contribution in [0.4, 0.5) is 0 Å². The topological polar surface area (TPSA) is 43.4 Å². The van der Waals surface area contributed by atoms with Crippen LogP contribution in [0.5, 0.6) is 0 Å². The Morgan fingerprint density at radius 1 is 1.20 bits per heavy atom. The average molecular weight is 292 g/mol. The molecule has 2 rings (SSSR count). The molecule has 0 N–H and O–H groups in total. The number of carbonyl (C=O) groups is 2. The summed E-state index contributed by atoms with van der Waals surface area (Å²) in [7, 11) is 1.41. The van der Waals surface area contributed by atoms with Crippen LogP contribution in [0.3, 0.4) is 0 Å². The summed E-state index contributed by atoms with van der Waals surface area (Å²) >= 11 is 1.37. The number of esters is 1. The van der Waals surface area contributed by atoms with Crippen LogP contribution in [0.15, 0.2) is 30.3 Å². The number of methoxy groups -OCH3 is 1. The van der Waals surface area contributed by atoms with Crippen LogP contribution in [-0.4, -0.2) is 18.2 Å². The van der Waals surface area contributed by atoms with Crippen molar-refractivity contribution >= 4 is 22.8 Å². The van der Waals surface area contributed by atoms with Gasteiger partial charge in [0, 0.05) is 11.7 Å². The first-order valence-electron chi connectivity index (χ1n) is 6.99. The summed E-state index contributed by atoms with van der Waals surface area (Å²) in [4.78, 5) is 23.8. The SMILES string of the molecule is COC(=O)C1CCCC(C(=O)SCc2ccccc2)C1. The Balaban J connectivity index is 1.84. The van der Waals surface area contributed by atoms with Crippen LogP contribution in [0.25, 0.3) is 0 Å². The second kappa shape index (κ2) is 7.48. The molecule has 108 valence electrons. The monoisotopic (exact) mass is 292 g/mol. The van der Waals surface area contributed by atoms with Crippen molar-refractivity contribution in [1.82, 2.24) is 0 Å². The molecule has 20 heavy (non-hydrogen) atoms. The molecule has 0 aliphatic heterocycles. The van der Waals surface area contributed by atoms with E-state index in [1.165, 1.54) is 18.9 Å². The van der Waals surface area contributed by atoms with E-state index in [9.17, 15) is 9.59 Å². The van der Waals surface area contributed by atoms with Crippen LogP contribution in [0.2, 0.25) is 0 Å². The Bertz CT molecular complexity index is 458. The maximum absolute atomic E-state index is 12.2. The minimum atomic E-state index is -0.171. The molecule has 4 heteroatoms. The number of hydrogen-bond donors (Lipinski definition) is 0. The molecule has 0 radical (unpaired) electrons. The maximum Gasteiger partial charge on any atom is 0.308 e. The lowest BCUT2D eigenvalue weighted by molar-refractivity contribution is -0.147. The molecule has 1 aliphatic carbocycles. The van der Waals surface area contributed by atoms with Crippen molar-refractivity contribution in [3.63, 3.8) is 0 Å². The number of hydrogen-bond acceptors (Lipinski definition) is 4. The molecular formula is C16H20O3S. The fourth-order valence-electron chi connectivity index (χ4n) is 2.63. The summed E-state index contributed by atoms with van der Waals surface area (Å²) in [5.41, 5.74) is 1.16. The molecule has 0 aromatic heterocycles. The fourth-order valence-corrected chi connectivity index (χ4v) is 3.58. The van der Waals surface area contributed by atoms with Gasteiger partial charge >= 0.3 is 5.97 Å². The third kappa shape index (κ3) is 4.10. The van der Waals surface area contributed by atoms with Crippen molar-refractivity contribution in [2.45, 2.75) is 31.4 Å². The van der Waals surface area contributed by atoms with Crippen LogP contribution in [0, 0.1) is 11.8 Å². The van der Waals surface area contributed by atoms with E-state index in [1.807, 2.05) is 30.3 Å². The zero-order valence-corrected chi connectivity index (χ0v) is 12.5. The van der Waals surface area contributed by atoms with Gasteiger partial charge in [-0.15, -0.1) is 0 Å². The largest absolute Gasteiger partial charge is 0.469 e. The van der Waals surface area contributed by atoms with Gasteiger partial charge in [0.15, 0.2) is 5.12 Å². The van der Waals surface area contributed by atoms with E-state index in [2.05, 4.69) is 0 Å². The molecule has 0 spiro atoms. The number of benzene rings is 1. The van der Waals surface area contributed by atoms with E-state index < -0.39 is 0 Å². The average Bonchev–Trinajstić information content (AvgIpc) is 2.53. The van der Waals surface area contributed by atoms with E-state index in [4.69, 9.17) is 4.74 Å². The predicted octanol–water partition coefficient (Wildman–Crippen LogP) is 3.43. The van der Waals surface area contributed by atoms with Crippen LogP contribution in [0.1, 0.15) is 31.2 Å². The molecule has 1 aromatic rings. The first-order valence-corrected chi connectivity index (χ1v) is 7.97. The number of carbonyl (C=O) groups excluding carboxylic acids is 2. The van der Waals surface area contributed by atoms with Crippen molar-refractivity contribution in [2.24, 2.45) is 11.8 Å². The Morgan fingerprint density at radius 3 is 2.60 bits per heavy atom. The van der Waals surface area contributed by atoms with Gasteiger partial charge in [-0.05, 0) is 24.8 Å². The van der Waals surface area contributed by atoms with Gasteiger partial charge in [-0.25, -0.2) is 0 Å². The second-order valence-corrected chi connectivity index (χ2v) is 6.16. The van der Waals surface area contributed by atoms with E-state index in [-0.39, 0.29) is 22.9 Å². The lowest BCUT2D eigenvalue weighted by atomic mass is 9.82. The zero-order valence-electron chi connectivity index (χ0n) is 11.7. The van der Waals surface area contributed by atoms with Gasteiger partial charge in [-0.3, -0.25) is 9.59 Å². The highest BCUT2D eigenvalue weighted by Crippen LogP contribution is 2.33. The molecule has 3 nitrogen and oxygen atoms in total. The molecule has 2 unspecified atom stereocenters. The van der Waals surface area contributed by atoms with Crippen molar-refractivity contribution in [2.75, 3.05) is 7.11 Å².